The molecule has 0 unspecified atom stereocenters. The molecule has 0 fully saturated rings. The van der Waals surface area contributed by atoms with Crippen molar-refractivity contribution in [1.82, 2.24) is 16.0 Å². The summed E-state index contributed by atoms with van der Waals surface area (Å²) >= 11 is 0. The lowest BCUT2D eigenvalue weighted by Crippen LogP contribution is -2.38. The monoisotopic (exact) mass is 299 g/mol. The molecule has 0 aliphatic rings. The molecule has 0 aliphatic carbocycles. The summed E-state index contributed by atoms with van der Waals surface area (Å²) in [5.74, 6) is -0.490. The molecule has 21 heavy (non-hydrogen) atoms. The molecule has 7 heteroatoms. The van der Waals surface area contributed by atoms with Crippen LogP contribution in [-0.2, 0) is 14.3 Å². The summed E-state index contributed by atoms with van der Waals surface area (Å²) in [7, 11) is 0. The van der Waals surface area contributed by atoms with E-state index in [2.05, 4.69) is 22.5 Å². The van der Waals surface area contributed by atoms with Gasteiger partial charge in [-0.25, -0.2) is 9.59 Å². The van der Waals surface area contributed by atoms with Crippen LogP contribution in [0.5, 0.6) is 0 Å². The van der Waals surface area contributed by atoms with Crippen LogP contribution in [-0.4, -0.2) is 44.1 Å². The summed E-state index contributed by atoms with van der Waals surface area (Å²) < 4.78 is 4.83. The molecule has 0 aromatic rings. The van der Waals surface area contributed by atoms with Crippen LogP contribution in [0.4, 0.5) is 4.79 Å². The van der Waals surface area contributed by atoms with Crippen molar-refractivity contribution in [2.24, 2.45) is 0 Å². The van der Waals surface area contributed by atoms with Gasteiger partial charge < -0.3 is 20.7 Å². The minimum Gasteiger partial charge on any atom is -0.460 e. The maximum absolute atomic E-state index is 11.4. The lowest BCUT2D eigenvalue weighted by atomic mass is 10.2. The second kappa shape index (κ2) is 11.7. The molecule has 0 aromatic heterocycles. The molecular weight excluding hydrogens is 274 g/mol. The number of nitrogens with one attached hydrogen (secondary N) is 3. The molecular formula is C14H25N3O4. The fraction of sp³-hybridized carbons (Fsp3) is 0.643. The van der Waals surface area contributed by atoms with E-state index in [0.29, 0.717) is 18.7 Å². The number of urea groups is 1. The highest BCUT2D eigenvalue weighted by molar-refractivity contribution is 5.86. The van der Waals surface area contributed by atoms with Gasteiger partial charge in [-0.15, -0.1) is 0 Å². The smallest absolute Gasteiger partial charge is 0.333 e. The quantitative estimate of drug-likeness (QED) is 0.314. The van der Waals surface area contributed by atoms with Crippen molar-refractivity contribution in [3.63, 3.8) is 0 Å². The Labute approximate surface area is 125 Å². The third-order valence-corrected chi connectivity index (χ3v) is 2.48. The Balaban J connectivity index is 3.37. The summed E-state index contributed by atoms with van der Waals surface area (Å²) in [6.07, 6.45) is 2.66. The lowest BCUT2D eigenvalue weighted by molar-refractivity contribution is -0.138. The Morgan fingerprint density at radius 3 is 2.05 bits per heavy atom. The fourth-order valence-electron chi connectivity index (χ4n) is 1.39. The average molecular weight is 299 g/mol. The highest BCUT2D eigenvalue weighted by atomic mass is 16.5. The van der Waals surface area contributed by atoms with Crippen LogP contribution in [0, 0.1) is 0 Å². The number of rotatable bonds is 10. The molecule has 3 amide bonds. The number of carbonyl (C=O) groups is 3. The third kappa shape index (κ3) is 12.7. The van der Waals surface area contributed by atoms with Crippen LogP contribution in [0.3, 0.4) is 0 Å². The predicted octanol–water partition coefficient (Wildman–Crippen LogP) is 0.711. The Morgan fingerprint density at radius 1 is 0.905 bits per heavy atom. The molecule has 0 aliphatic heterocycles. The molecule has 0 saturated carbocycles. The van der Waals surface area contributed by atoms with E-state index < -0.39 is 5.97 Å². The Bertz CT molecular complexity index is 369. The van der Waals surface area contributed by atoms with Crippen molar-refractivity contribution >= 4 is 17.9 Å². The molecule has 7 nitrogen and oxygen atoms in total. The molecule has 0 spiro atoms. The number of hydrogen-bond acceptors (Lipinski definition) is 4. The molecule has 3 N–H and O–H groups in total. The minimum atomic E-state index is -0.462. The van der Waals surface area contributed by atoms with Crippen LogP contribution in [0.1, 0.15) is 33.1 Å². The minimum absolute atomic E-state index is 0.0279. The highest BCUT2D eigenvalue weighted by Crippen LogP contribution is 1.92. The molecule has 0 saturated heterocycles. The van der Waals surface area contributed by atoms with E-state index in [0.717, 1.165) is 19.3 Å². The van der Waals surface area contributed by atoms with Crippen molar-refractivity contribution in [1.29, 1.82) is 0 Å². The standard InChI is InChI=1S/C14H25N3O4/c1-11(2)13(19)21-10-9-17-14(20)16-8-6-4-5-7-15-12(3)18/h1,4-10H2,2-3H3,(H,15,18)(H2,16,17,20). The van der Waals surface area contributed by atoms with E-state index in [4.69, 9.17) is 4.74 Å². The molecule has 120 valence electrons. The number of unbranched alkanes of at least 4 members (excludes halogenated alkanes) is 2. The van der Waals surface area contributed by atoms with Crippen molar-refractivity contribution in [2.75, 3.05) is 26.2 Å². The first kappa shape index (κ1) is 18.9. The zero-order valence-electron chi connectivity index (χ0n) is 12.8. The van der Waals surface area contributed by atoms with E-state index in [1.54, 1.807) is 6.92 Å². The first-order valence-corrected chi connectivity index (χ1v) is 7.02. The zero-order valence-corrected chi connectivity index (χ0v) is 12.8. The van der Waals surface area contributed by atoms with E-state index in [1.165, 1.54) is 6.92 Å². The normalized spacial score (nSPS) is 9.62. The summed E-state index contributed by atoms with van der Waals surface area (Å²) in [6.45, 7) is 8.11. The van der Waals surface area contributed by atoms with Crippen LogP contribution in [0.15, 0.2) is 12.2 Å². The Kier molecular flexibility index (Phi) is 10.6. The number of carbonyl (C=O) groups excluding carboxylic acids is 3. The van der Waals surface area contributed by atoms with Gasteiger partial charge in [0, 0.05) is 25.6 Å². The Hall–Kier alpha value is -2.05. The summed E-state index contributed by atoms with van der Waals surface area (Å²) in [4.78, 5) is 33.0. The van der Waals surface area contributed by atoms with Gasteiger partial charge >= 0.3 is 12.0 Å². The maximum atomic E-state index is 11.4. The summed E-state index contributed by atoms with van der Waals surface area (Å²) in [5.41, 5.74) is 0.332. The van der Waals surface area contributed by atoms with Crippen LogP contribution < -0.4 is 16.0 Å². The number of esters is 1. The highest BCUT2D eigenvalue weighted by Gasteiger charge is 2.03. The van der Waals surface area contributed by atoms with Crippen molar-refractivity contribution < 1.29 is 19.1 Å². The molecule has 0 atom stereocenters. The van der Waals surface area contributed by atoms with E-state index in [9.17, 15) is 14.4 Å². The average Bonchev–Trinajstić information content (AvgIpc) is 2.41. The van der Waals surface area contributed by atoms with Gasteiger partial charge in [0.2, 0.25) is 5.91 Å². The van der Waals surface area contributed by atoms with E-state index in [1.807, 2.05) is 0 Å². The number of hydrogen-bond donors (Lipinski definition) is 3. The van der Waals surface area contributed by atoms with Crippen molar-refractivity contribution in [3.8, 4) is 0 Å². The van der Waals surface area contributed by atoms with Gasteiger partial charge in [-0.1, -0.05) is 6.58 Å². The Morgan fingerprint density at radius 2 is 1.48 bits per heavy atom. The molecule has 0 bridgehead atoms. The fourth-order valence-corrected chi connectivity index (χ4v) is 1.39. The second-order valence-electron chi connectivity index (χ2n) is 4.64. The topological polar surface area (TPSA) is 96.5 Å². The van der Waals surface area contributed by atoms with Gasteiger partial charge in [-0.05, 0) is 26.2 Å². The van der Waals surface area contributed by atoms with Gasteiger partial charge in [0.25, 0.3) is 0 Å². The van der Waals surface area contributed by atoms with Crippen LogP contribution in [0.25, 0.3) is 0 Å². The first-order chi connectivity index (χ1) is 9.93. The van der Waals surface area contributed by atoms with E-state index in [-0.39, 0.29) is 25.1 Å². The van der Waals surface area contributed by atoms with Gasteiger partial charge in [0.15, 0.2) is 0 Å². The SMILES string of the molecule is C=C(C)C(=O)OCCNC(=O)NCCCCCNC(C)=O. The third-order valence-electron chi connectivity index (χ3n) is 2.48. The van der Waals surface area contributed by atoms with Crippen LogP contribution in [0.2, 0.25) is 0 Å². The van der Waals surface area contributed by atoms with Crippen molar-refractivity contribution in [2.45, 2.75) is 33.1 Å². The zero-order chi connectivity index (χ0) is 16.1. The molecule has 0 radical (unpaired) electrons. The summed E-state index contributed by atoms with van der Waals surface area (Å²) in [6, 6.07) is -0.289. The summed E-state index contributed by atoms with van der Waals surface area (Å²) in [5, 5.41) is 7.99. The van der Waals surface area contributed by atoms with Crippen LogP contribution >= 0.6 is 0 Å². The molecule has 0 rings (SSSR count). The number of ether oxygens (including phenoxy) is 1. The molecule has 0 aromatic carbocycles. The van der Waals surface area contributed by atoms with Gasteiger partial charge in [-0.3, -0.25) is 4.79 Å². The van der Waals surface area contributed by atoms with E-state index >= 15 is 0 Å². The van der Waals surface area contributed by atoms with Gasteiger partial charge in [0.05, 0.1) is 6.54 Å². The maximum Gasteiger partial charge on any atom is 0.333 e. The largest absolute Gasteiger partial charge is 0.460 e. The second-order valence-corrected chi connectivity index (χ2v) is 4.64. The van der Waals surface area contributed by atoms with Gasteiger partial charge in [-0.2, -0.15) is 0 Å². The predicted molar refractivity (Wildman–Crippen MR) is 79.7 cm³/mol. The number of amides is 3. The van der Waals surface area contributed by atoms with Crippen molar-refractivity contribution in [3.05, 3.63) is 12.2 Å². The van der Waals surface area contributed by atoms with Gasteiger partial charge in [0.1, 0.15) is 6.61 Å². The first-order valence-electron chi connectivity index (χ1n) is 7.02. The molecule has 0 heterocycles. The lowest BCUT2D eigenvalue weighted by Gasteiger charge is -2.08.